The van der Waals surface area contributed by atoms with Crippen LogP contribution in [0.1, 0.15) is 105 Å². The number of amides is 3. The minimum absolute atomic E-state index is 0.0633. The number of carbonyl (C=O) groups excluding carboxylic acids is 6. The van der Waals surface area contributed by atoms with Gasteiger partial charge in [-0.1, -0.05) is 48.0 Å². The lowest BCUT2D eigenvalue weighted by molar-refractivity contribution is -0.169. The van der Waals surface area contributed by atoms with Crippen molar-refractivity contribution in [2.45, 2.75) is 124 Å². The van der Waals surface area contributed by atoms with Crippen molar-refractivity contribution in [1.82, 2.24) is 10.2 Å². The second kappa shape index (κ2) is 20.5. The topological polar surface area (TPSA) is 188 Å². The van der Waals surface area contributed by atoms with E-state index in [1.807, 2.05) is 18.2 Å². The molecule has 0 saturated carbocycles. The largest absolute Gasteiger partial charge is 0.459 e. The summed E-state index contributed by atoms with van der Waals surface area (Å²) in [6.07, 6.45) is -2.09. The van der Waals surface area contributed by atoms with Crippen LogP contribution < -0.4 is 15.4 Å². The maximum Gasteiger partial charge on any atom is 0.437 e. The molecule has 0 radical (unpaired) electrons. The summed E-state index contributed by atoms with van der Waals surface area (Å²) in [5.41, 5.74) is -1.87. The normalized spacial score (nSPS) is 12.6. The van der Waals surface area contributed by atoms with Gasteiger partial charge >= 0.3 is 30.1 Å². The Morgan fingerprint density at radius 3 is 1.82 bits per heavy atom. The molecule has 0 aromatic heterocycles. The van der Waals surface area contributed by atoms with Crippen LogP contribution in [0.3, 0.4) is 0 Å². The summed E-state index contributed by atoms with van der Waals surface area (Å²) >= 11 is 6.63. The van der Waals surface area contributed by atoms with E-state index in [9.17, 15) is 28.8 Å². The number of hydrogen-bond donors (Lipinski definition) is 2. The van der Waals surface area contributed by atoms with E-state index in [0.29, 0.717) is 11.3 Å². The van der Waals surface area contributed by atoms with Crippen LogP contribution in [0, 0.1) is 0 Å². The van der Waals surface area contributed by atoms with Crippen LogP contribution >= 0.6 is 11.6 Å². The van der Waals surface area contributed by atoms with Gasteiger partial charge in [-0.25, -0.2) is 19.2 Å². The molecule has 0 saturated heterocycles. The molecule has 0 heterocycles. The summed E-state index contributed by atoms with van der Waals surface area (Å²) in [5, 5.41) is 5.28. The Balaban J connectivity index is 1.82. The quantitative estimate of drug-likeness (QED) is 0.0616. The Morgan fingerprint density at radius 1 is 0.705 bits per heavy atom. The van der Waals surface area contributed by atoms with Crippen LogP contribution in [0.4, 0.5) is 15.3 Å². The van der Waals surface area contributed by atoms with E-state index in [4.69, 9.17) is 35.3 Å². The maximum atomic E-state index is 14.1. The average molecular weight is 865 g/mol. The predicted octanol–water partition coefficient (Wildman–Crippen LogP) is 8.45. The summed E-state index contributed by atoms with van der Waals surface area (Å²) in [4.78, 5) is 84.0. The molecule has 0 aliphatic rings. The smallest absolute Gasteiger partial charge is 0.437 e. The number of hydrogen-bond acceptors (Lipinski definition) is 11. The molecule has 3 aromatic rings. The van der Waals surface area contributed by atoms with Crippen LogP contribution in [0.15, 0.2) is 77.8 Å². The minimum atomic E-state index is -1.19. The first-order valence-electron chi connectivity index (χ1n) is 19.5. The maximum absolute atomic E-state index is 14.1. The highest BCUT2D eigenvalue weighted by Crippen LogP contribution is 2.26. The van der Waals surface area contributed by atoms with E-state index >= 15 is 0 Å². The molecule has 330 valence electrons. The van der Waals surface area contributed by atoms with Crippen LogP contribution in [-0.2, 0) is 46.2 Å². The SMILES string of the molecule is CC(C)(C)OC(=O)CN(C(=O)Cc1ccc(OC(=O)c2ccc(N/C(=N\C(=O)OC(C)(C)C)NC(=O)OC(C)(C)C)cc2)cc1Cl)[C@@H](Cc1ccccc1)C(=O)OC(C)(C)C. The summed E-state index contributed by atoms with van der Waals surface area (Å²) in [6.45, 7) is 19.7. The number of guanidine groups is 1. The van der Waals surface area contributed by atoms with Crippen molar-refractivity contribution < 1.29 is 52.5 Å². The monoisotopic (exact) mass is 864 g/mol. The lowest BCUT2D eigenvalue weighted by Gasteiger charge is -2.33. The van der Waals surface area contributed by atoms with Crippen molar-refractivity contribution in [3.63, 3.8) is 0 Å². The number of nitrogens with one attached hydrogen (secondary N) is 2. The Bertz CT molecular complexity index is 2080. The summed E-state index contributed by atoms with van der Waals surface area (Å²) < 4.78 is 27.3. The number of carbonyl (C=O) groups is 6. The Morgan fingerprint density at radius 2 is 1.28 bits per heavy atom. The van der Waals surface area contributed by atoms with E-state index < -0.39 is 71.0 Å². The molecule has 16 heteroatoms. The van der Waals surface area contributed by atoms with Gasteiger partial charge in [-0.15, -0.1) is 4.99 Å². The fourth-order valence-electron chi connectivity index (χ4n) is 5.27. The third kappa shape index (κ3) is 18.5. The van der Waals surface area contributed by atoms with E-state index in [0.717, 1.165) is 10.5 Å². The van der Waals surface area contributed by atoms with Crippen molar-refractivity contribution in [1.29, 1.82) is 0 Å². The standard InChI is InChI=1S/C45H57ClN4O11/c1-42(2,3)58-36(52)27-50(34(38(54)59-43(4,5)6)24-28-16-14-13-15-17-28)35(51)25-30-20-23-32(26-33(30)46)57-37(53)29-18-21-31(22-19-29)47-39(48-40(55)60-44(7,8)9)49-41(56)61-45(10,11)12/h13-23,26,34H,24-25,27H2,1-12H3,(H2,47,48,49,55,56)/t34-/m0/s1. The first kappa shape index (κ1) is 49.4. The Labute approximate surface area is 362 Å². The fraction of sp³-hybridized carbons (Fsp3) is 0.444. The molecule has 1 atom stereocenters. The highest BCUT2D eigenvalue weighted by Gasteiger charge is 2.36. The molecule has 0 aliphatic heterocycles. The molecular weight excluding hydrogens is 808 g/mol. The molecule has 3 amide bonds. The van der Waals surface area contributed by atoms with Gasteiger partial charge in [0, 0.05) is 17.1 Å². The molecular formula is C45H57ClN4O11. The van der Waals surface area contributed by atoms with Gasteiger partial charge in [-0.05, 0) is 131 Å². The molecule has 0 unspecified atom stereocenters. The summed E-state index contributed by atoms with van der Waals surface area (Å²) in [6, 6.07) is 18.0. The lowest BCUT2D eigenvalue weighted by Crippen LogP contribution is -2.51. The molecule has 0 spiro atoms. The highest BCUT2D eigenvalue weighted by atomic mass is 35.5. The molecule has 0 fully saturated rings. The summed E-state index contributed by atoms with van der Waals surface area (Å²) in [5.74, 6) is -2.97. The Kier molecular flexibility index (Phi) is 16.6. The molecule has 0 bridgehead atoms. The third-order valence-corrected chi connectivity index (χ3v) is 7.89. The number of esters is 3. The van der Waals surface area contributed by atoms with Gasteiger partial charge in [0.1, 0.15) is 40.7 Å². The van der Waals surface area contributed by atoms with Gasteiger partial charge in [0.2, 0.25) is 11.9 Å². The van der Waals surface area contributed by atoms with Crippen molar-refractivity contribution in [3.8, 4) is 5.75 Å². The molecule has 3 aromatic carbocycles. The number of halogens is 1. The van der Waals surface area contributed by atoms with Gasteiger partial charge in [-0.3, -0.25) is 14.9 Å². The Hall–Kier alpha value is -5.96. The van der Waals surface area contributed by atoms with Gasteiger partial charge in [0.25, 0.3) is 0 Å². The van der Waals surface area contributed by atoms with Gasteiger partial charge in [0.05, 0.1) is 12.0 Å². The van der Waals surface area contributed by atoms with E-state index in [2.05, 4.69) is 15.6 Å². The lowest BCUT2D eigenvalue weighted by atomic mass is 10.0. The fourth-order valence-corrected chi connectivity index (χ4v) is 5.51. The first-order valence-corrected chi connectivity index (χ1v) is 19.9. The molecule has 0 aliphatic carbocycles. The number of anilines is 1. The number of nitrogens with zero attached hydrogens (tertiary/aromatic N) is 2. The van der Waals surface area contributed by atoms with Crippen LogP contribution in [0.25, 0.3) is 0 Å². The van der Waals surface area contributed by atoms with Crippen LogP contribution in [0.2, 0.25) is 5.02 Å². The molecule has 3 rings (SSSR count). The summed E-state index contributed by atoms with van der Waals surface area (Å²) in [7, 11) is 0. The number of benzene rings is 3. The molecule has 2 N–H and O–H groups in total. The number of aliphatic imine (C=N–C) groups is 1. The van der Waals surface area contributed by atoms with Crippen LogP contribution in [-0.4, -0.2) is 81.9 Å². The number of rotatable bonds is 11. The number of ether oxygens (including phenoxy) is 5. The zero-order chi connectivity index (χ0) is 45.9. The third-order valence-electron chi connectivity index (χ3n) is 7.54. The van der Waals surface area contributed by atoms with Crippen molar-refractivity contribution >= 4 is 59.2 Å². The zero-order valence-corrected chi connectivity index (χ0v) is 37.6. The second-order valence-corrected chi connectivity index (χ2v) is 18.3. The molecule has 15 nitrogen and oxygen atoms in total. The van der Waals surface area contributed by atoms with Crippen molar-refractivity contribution in [3.05, 3.63) is 94.5 Å². The van der Waals surface area contributed by atoms with E-state index in [1.54, 1.807) is 95.2 Å². The van der Waals surface area contributed by atoms with E-state index in [1.165, 1.54) is 42.5 Å². The van der Waals surface area contributed by atoms with Crippen molar-refractivity contribution in [2.75, 3.05) is 11.9 Å². The minimum Gasteiger partial charge on any atom is -0.459 e. The van der Waals surface area contributed by atoms with Gasteiger partial charge < -0.3 is 33.9 Å². The molecule has 61 heavy (non-hydrogen) atoms. The predicted molar refractivity (Wildman–Crippen MR) is 231 cm³/mol. The van der Waals surface area contributed by atoms with E-state index in [-0.39, 0.29) is 35.1 Å². The second-order valence-electron chi connectivity index (χ2n) is 17.9. The number of alkyl carbamates (subject to hydrolysis) is 1. The average Bonchev–Trinajstić information content (AvgIpc) is 3.08. The van der Waals surface area contributed by atoms with Gasteiger partial charge in [0.15, 0.2) is 0 Å². The highest BCUT2D eigenvalue weighted by molar-refractivity contribution is 6.31. The first-order chi connectivity index (χ1) is 28.1. The van der Waals surface area contributed by atoms with Crippen molar-refractivity contribution in [2.24, 2.45) is 4.99 Å². The zero-order valence-electron chi connectivity index (χ0n) is 36.9. The van der Waals surface area contributed by atoms with Crippen LogP contribution in [0.5, 0.6) is 5.75 Å². The van der Waals surface area contributed by atoms with Gasteiger partial charge in [-0.2, -0.15) is 0 Å².